The predicted octanol–water partition coefficient (Wildman–Crippen LogP) is 1.41. The van der Waals surface area contributed by atoms with Crippen molar-refractivity contribution >= 4 is 23.2 Å². The fraction of sp³-hybridized carbons (Fsp3) is 0.417. The van der Waals surface area contributed by atoms with Crippen LogP contribution >= 0.6 is 11.6 Å². The lowest BCUT2D eigenvalue weighted by Gasteiger charge is -2.15. The van der Waals surface area contributed by atoms with E-state index in [4.69, 9.17) is 17.3 Å². The summed E-state index contributed by atoms with van der Waals surface area (Å²) < 4.78 is 0. The Morgan fingerprint density at radius 1 is 1.47 bits per heavy atom. The van der Waals surface area contributed by atoms with Crippen LogP contribution in [0.4, 0.5) is 5.69 Å². The Bertz CT molecular complexity index is 398. The highest BCUT2D eigenvalue weighted by atomic mass is 35.5. The highest BCUT2D eigenvalue weighted by molar-refractivity contribution is 6.18. The number of rotatable bonds is 5. The number of nitrogens with one attached hydrogen (secondary N) is 1. The SMILES string of the molecule is Cc1cc(C(N)=O)cc(C)c1NCC(O)CCl. The van der Waals surface area contributed by atoms with Gasteiger partial charge in [-0.25, -0.2) is 0 Å². The zero-order chi connectivity index (χ0) is 13.0. The monoisotopic (exact) mass is 256 g/mol. The molecule has 17 heavy (non-hydrogen) atoms. The minimum absolute atomic E-state index is 0.185. The van der Waals surface area contributed by atoms with Crippen molar-refractivity contribution in [2.45, 2.75) is 20.0 Å². The highest BCUT2D eigenvalue weighted by Crippen LogP contribution is 2.22. The second-order valence-corrected chi connectivity index (χ2v) is 4.35. The maximum atomic E-state index is 11.1. The lowest BCUT2D eigenvalue weighted by Crippen LogP contribution is -2.22. The fourth-order valence-electron chi connectivity index (χ4n) is 1.66. The number of hydrogen-bond donors (Lipinski definition) is 3. The Hall–Kier alpha value is -1.26. The number of nitrogens with two attached hydrogens (primary N) is 1. The molecule has 1 atom stereocenters. The minimum atomic E-state index is -0.591. The van der Waals surface area contributed by atoms with E-state index in [1.165, 1.54) is 0 Å². The molecule has 0 aliphatic carbocycles. The van der Waals surface area contributed by atoms with E-state index in [1.807, 2.05) is 13.8 Å². The number of carbonyl (C=O) groups is 1. The summed E-state index contributed by atoms with van der Waals surface area (Å²) in [5, 5.41) is 12.5. The molecule has 1 amide bonds. The molecule has 0 saturated carbocycles. The Morgan fingerprint density at radius 3 is 2.41 bits per heavy atom. The van der Waals surface area contributed by atoms with E-state index in [1.54, 1.807) is 12.1 Å². The fourth-order valence-corrected chi connectivity index (χ4v) is 1.77. The molecule has 94 valence electrons. The molecule has 0 fully saturated rings. The van der Waals surface area contributed by atoms with E-state index in [9.17, 15) is 9.90 Å². The number of anilines is 1. The molecule has 0 saturated heterocycles. The zero-order valence-corrected chi connectivity index (χ0v) is 10.7. The largest absolute Gasteiger partial charge is 0.390 e. The number of carbonyl (C=O) groups excluding carboxylic acids is 1. The van der Waals surface area contributed by atoms with E-state index in [2.05, 4.69) is 5.32 Å². The maximum Gasteiger partial charge on any atom is 0.248 e. The Labute approximate surface area is 106 Å². The van der Waals surface area contributed by atoms with Crippen LogP contribution in [0, 0.1) is 13.8 Å². The molecule has 1 rings (SSSR count). The lowest BCUT2D eigenvalue weighted by atomic mass is 10.0. The second kappa shape index (κ2) is 5.89. The smallest absolute Gasteiger partial charge is 0.248 e. The Balaban J connectivity index is 2.90. The summed E-state index contributed by atoms with van der Waals surface area (Å²) >= 11 is 5.51. The third-order valence-corrected chi connectivity index (χ3v) is 2.87. The summed E-state index contributed by atoms with van der Waals surface area (Å²) in [5.74, 6) is -0.256. The van der Waals surface area contributed by atoms with Gasteiger partial charge in [-0.2, -0.15) is 0 Å². The summed E-state index contributed by atoms with van der Waals surface area (Å²) in [7, 11) is 0. The third kappa shape index (κ3) is 3.61. The molecule has 0 heterocycles. The number of hydrogen-bond acceptors (Lipinski definition) is 3. The molecule has 0 radical (unpaired) electrons. The Kier molecular flexibility index (Phi) is 4.78. The van der Waals surface area contributed by atoms with Crippen LogP contribution in [0.3, 0.4) is 0 Å². The second-order valence-electron chi connectivity index (χ2n) is 4.04. The standard InChI is InChI=1S/C12H17ClN2O2/c1-7-3-9(12(14)17)4-8(2)11(7)15-6-10(16)5-13/h3-4,10,15-16H,5-6H2,1-2H3,(H2,14,17). The summed E-state index contributed by atoms with van der Waals surface area (Å²) in [6.45, 7) is 4.14. The number of aryl methyl sites for hydroxylation is 2. The van der Waals surface area contributed by atoms with Gasteiger partial charge < -0.3 is 16.2 Å². The molecule has 1 aromatic rings. The van der Waals surface area contributed by atoms with Gasteiger partial charge in [0, 0.05) is 17.8 Å². The maximum absolute atomic E-state index is 11.1. The van der Waals surface area contributed by atoms with Crippen LogP contribution in [-0.4, -0.2) is 29.5 Å². The van der Waals surface area contributed by atoms with E-state index in [0.29, 0.717) is 12.1 Å². The van der Waals surface area contributed by atoms with Gasteiger partial charge in [-0.1, -0.05) is 0 Å². The highest BCUT2D eigenvalue weighted by Gasteiger charge is 2.09. The molecule has 1 unspecified atom stereocenters. The minimum Gasteiger partial charge on any atom is -0.390 e. The first-order valence-corrected chi connectivity index (χ1v) is 5.88. The molecule has 1 aromatic carbocycles. The van der Waals surface area contributed by atoms with Gasteiger partial charge in [0.25, 0.3) is 0 Å². The summed E-state index contributed by atoms with van der Waals surface area (Å²) in [6.07, 6.45) is -0.591. The number of primary amides is 1. The van der Waals surface area contributed by atoms with Crippen LogP contribution in [0.25, 0.3) is 0 Å². The number of aliphatic hydroxyl groups is 1. The molecule has 0 bridgehead atoms. The van der Waals surface area contributed by atoms with Gasteiger partial charge in [-0.15, -0.1) is 11.6 Å². The van der Waals surface area contributed by atoms with Gasteiger partial charge >= 0.3 is 0 Å². The molecule has 0 aliphatic rings. The third-order valence-electron chi connectivity index (χ3n) is 2.51. The Morgan fingerprint density at radius 2 is 2.00 bits per heavy atom. The summed E-state index contributed by atoms with van der Waals surface area (Å²) in [6, 6.07) is 3.45. The van der Waals surface area contributed by atoms with Gasteiger partial charge in [0.1, 0.15) is 0 Å². The average molecular weight is 257 g/mol. The van der Waals surface area contributed by atoms with Crippen LogP contribution in [0.5, 0.6) is 0 Å². The topological polar surface area (TPSA) is 75.4 Å². The molecule has 0 aromatic heterocycles. The summed E-state index contributed by atoms with van der Waals surface area (Å²) in [4.78, 5) is 11.1. The average Bonchev–Trinajstić information content (AvgIpc) is 2.27. The van der Waals surface area contributed by atoms with Crippen LogP contribution in [-0.2, 0) is 0 Å². The van der Waals surface area contributed by atoms with Crippen LogP contribution in [0.15, 0.2) is 12.1 Å². The van der Waals surface area contributed by atoms with Crippen molar-refractivity contribution in [2.75, 3.05) is 17.7 Å². The van der Waals surface area contributed by atoms with Crippen molar-refractivity contribution in [3.63, 3.8) is 0 Å². The van der Waals surface area contributed by atoms with Crippen molar-refractivity contribution in [1.82, 2.24) is 0 Å². The number of benzene rings is 1. The van der Waals surface area contributed by atoms with Gasteiger partial charge in [-0.3, -0.25) is 4.79 Å². The molecule has 4 nitrogen and oxygen atoms in total. The molecular formula is C12H17ClN2O2. The zero-order valence-electron chi connectivity index (χ0n) is 9.96. The normalized spacial score (nSPS) is 12.2. The molecule has 5 heteroatoms. The van der Waals surface area contributed by atoms with Crippen molar-refractivity contribution in [2.24, 2.45) is 5.73 Å². The number of halogens is 1. The first kappa shape index (κ1) is 13.8. The first-order valence-electron chi connectivity index (χ1n) is 5.34. The van der Waals surface area contributed by atoms with Crippen LogP contribution in [0.2, 0.25) is 0 Å². The van der Waals surface area contributed by atoms with Gasteiger partial charge in [0.15, 0.2) is 0 Å². The number of aliphatic hydroxyl groups excluding tert-OH is 1. The van der Waals surface area contributed by atoms with Crippen LogP contribution in [0.1, 0.15) is 21.5 Å². The van der Waals surface area contributed by atoms with Crippen molar-refractivity contribution in [3.8, 4) is 0 Å². The number of alkyl halides is 1. The van der Waals surface area contributed by atoms with Crippen molar-refractivity contribution in [1.29, 1.82) is 0 Å². The molecule has 0 spiro atoms. The summed E-state index contributed by atoms with van der Waals surface area (Å²) in [5.41, 5.74) is 8.45. The molecular weight excluding hydrogens is 240 g/mol. The van der Waals surface area contributed by atoms with Gasteiger partial charge in [0.2, 0.25) is 5.91 Å². The van der Waals surface area contributed by atoms with E-state index < -0.39 is 12.0 Å². The van der Waals surface area contributed by atoms with Crippen LogP contribution < -0.4 is 11.1 Å². The molecule has 4 N–H and O–H groups in total. The van der Waals surface area contributed by atoms with Gasteiger partial charge in [-0.05, 0) is 37.1 Å². The molecule has 0 aliphatic heterocycles. The first-order chi connectivity index (χ1) is 7.95. The van der Waals surface area contributed by atoms with E-state index >= 15 is 0 Å². The number of amides is 1. The predicted molar refractivity (Wildman–Crippen MR) is 69.7 cm³/mol. The van der Waals surface area contributed by atoms with Gasteiger partial charge in [0.05, 0.1) is 12.0 Å². The van der Waals surface area contributed by atoms with Crippen molar-refractivity contribution < 1.29 is 9.90 Å². The lowest BCUT2D eigenvalue weighted by molar-refractivity contribution is 0.1000. The van der Waals surface area contributed by atoms with Crippen molar-refractivity contribution in [3.05, 3.63) is 28.8 Å². The quantitative estimate of drug-likeness (QED) is 0.698. The van der Waals surface area contributed by atoms with E-state index in [0.717, 1.165) is 16.8 Å². The van der Waals surface area contributed by atoms with E-state index in [-0.39, 0.29) is 5.88 Å².